The summed E-state index contributed by atoms with van der Waals surface area (Å²) in [7, 11) is 0. The van der Waals surface area contributed by atoms with Crippen molar-refractivity contribution in [3.05, 3.63) is 59.7 Å². The van der Waals surface area contributed by atoms with Gasteiger partial charge in [-0.1, -0.05) is 48.5 Å². The van der Waals surface area contributed by atoms with Crippen LogP contribution < -0.4 is 0 Å². The molecule has 2 bridgehead atoms. The van der Waals surface area contributed by atoms with Gasteiger partial charge in [0.15, 0.2) is 0 Å². The van der Waals surface area contributed by atoms with E-state index in [1.807, 2.05) is 4.90 Å². The van der Waals surface area contributed by atoms with Gasteiger partial charge in [0.1, 0.15) is 6.61 Å². The summed E-state index contributed by atoms with van der Waals surface area (Å²) in [4.78, 5) is 14.8. The fourth-order valence-electron chi connectivity index (χ4n) is 5.41. The summed E-state index contributed by atoms with van der Waals surface area (Å²) < 4.78 is 5.85. The quantitative estimate of drug-likeness (QED) is 0.890. The van der Waals surface area contributed by atoms with Crippen molar-refractivity contribution in [2.45, 2.75) is 43.7 Å². The molecule has 0 aromatic heterocycles. The first kappa shape index (κ1) is 16.8. The molecule has 5 rings (SSSR count). The Hall–Kier alpha value is -2.33. The number of carbonyl (C=O) groups is 1. The van der Waals surface area contributed by atoms with Crippen molar-refractivity contribution < 1.29 is 14.6 Å². The lowest BCUT2D eigenvalue weighted by Gasteiger charge is -2.37. The highest BCUT2D eigenvalue weighted by atomic mass is 16.6. The second kappa shape index (κ2) is 6.68. The maximum absolute atomic E-state index is 12.9. The number of nitrogens with zero attached hydrogens (tertiary/aromatic N) is 1. The van der Waals surface area contributed by atoms with E-state index in [1.165, 1.54) is 22.3 Å². The van der Waals surface area contributed by atoms with Crippen LogP contribution in [0.2, 0.25) is 0 Å². The van der Waals surface area contributed by atoms with E-state index in [-0.39, 0.29) is 30.7 Å². The van der Waals surface area contributed by atoms with Crippen LogP contribution in [0.5, 0.6) is 0 Å². The molecule has 1 unspecified atom stereocenters. The summed E-state index contributed by atoms with van der Waals surface area (Å²) in [5, 5.41) is 9.48. The summed E-state index contributed by atoms with van der Waals surface area (Å²) in [5.41, 5.74) is 4.98. The third-order valence-electron chi connectivity index (χ3n) is 6.64. The number of benzene rings is 2. The predicted octanol–water partition coefficient (Wildman–Crippen LogP) is 4.17. The number of aliphatic hydroxyl groups excluding tert-OH is 1. The Bertz CT molecular complexity index is 805. The second-order valence-electron chi connectivity index (χ2n) is 8.12. The fourth-order valence-corrected chi connectivity index (χ4v) is 5.41. The molecule has 0 spiro atoms. The summed E-state index contributed by atoms with van der Waals surface area (Å²) in [5.74, 6) is 0.439. The van der Waals surface area contributed by atoms with E-state index in [2.05, 4.69) is 48.5 Å². The standard InChI is InChI=1S/C23H25NO3/c25-13-15-11-16-9-10-17(12-15)24(16)23(26)27-14-22-20-7-3-1-5-18(20)19-6-2-4-8-21(19)22/h1-8,15-17,22,25H,9-14H2/t15?,16-,17+. The van der Waals surface area contributed by atoms with Gasteiger partial charge in [-0.05, 0) is 53.9 Å². The summed E-state index contributed by atoms with van der Waals surface area (Å²) in [6.45, 7) is 0.609. The van der Waals surface area contributed by atoms with Crippen LogP contribution >= 0.6 is 0 Å². The normalized spacial score (nSPS) is 26.0. The smallest absolute Gasteiger partial charge is 0.410 e. The molecule has 3 atom stereocenters. The number of rotatable bonds is 3. The van der Waals surface area contributed by atoms with Crippen molar-refractivity contribution in [2.24, 2.45) is 5.92 Å². The molecule has 2 aromatic carbocycles. The van der Waals surface area contributed by atoms with Crippen molar-refractivity contribution in [2.75, 3.05) is 13.2 Å². The predicted molar refractivity (Wildman–Crippen MR) is 104 cm³/mol. The van der Waals surface area contributed by atoms with Crippen LogP contribution in [0, 0.1) is 5.92 Å². The molecule has 2 saturated heterocycles. The highest BCUT2D eigenvalue weighted by Gasteiger charge is 2.44. The minimum Gasteiger partial charge on any atom is -0.448 e. The molecule has 140 valence electrons. The van der Waals surface area contributed by atoms with E-state index in [1.54, 1.807) is 0 Å². The van der Waals surface area contributed by atoms with E-state index >= 15 is 0 Å². The SMILES string of the molecule is O=C(OCC1c2ccccc2-c2ccccc21)N1[C@@H]2CC[C@H]1CC(CO)C2. The van der Waals surface area contributed by atoms with Gasteiger partial charge < -0.3 is 14.7 Å². The van der Waals surface area contributed by atoms with Gasteiger partial charge in [-0.15, -0.1) is 0 Å². The molecule has 4 heteroatoms. The molecule has 4 nitrogen and oxygen atoms in total. The number of ether oxygens (including phenoxy) is 1. The van der Waals surface area contributed by atoms with Crippen molar-refractivity contribution in [1.82, 2.24) is 4.90 Å². The second-order valence-corrected chi connectivity index (χ2v) is 8.12. The van der Waals surface area contributed by atoms with Gasteiger partial charge in [-0.2, -0.15) is 0 Å². The Morgan fingerprint density at radius 1 is 0.963 bits per heavy atom. The Labute approximate surface area is 159 Å². The maximum atomic E-state index is 12.9. The van der Waals surface area contributed by atoms with E-state index in [0.717, 1.165) is 25.7 Å². The van der Waals surface area contributed by atoms with Crippen molar-refractivity contribution in [1.29, 1.82) is 0 Å². The van der Waals surface area contributed by atoms with Gasteiger partial charge >= 0.3 is 6.09 Å². The highest BCUT2D eigenvalue weighted by Crippen LogP contribution is 2.45. The fraction of sp³-hybridized carbons (Fsp3) is 0.435. The zero-order valence-corrected chi connectivity index (χ0v) is 15.4. The average molecular weight is 363 g/mol. The lowest BCUT2D eigenvalue weighted by molar-refractivity contribution is 0.0450. The van der Waals surface area contributed by atoms with Crippen molar-refractivity contribution in [3.63, 3.8) is 0 Å². The Balaban J connectivity index is 1.33. The summed E-state index contributed by atoms with van der Waals surface area (Å²) >= 11 is 0. The Kier molecular flexibility index (Phi) is 4.16. The van der Waals surface area contributed by atoms with Gasteiger partial charge in [0.05, 0.1) is 0 Å². The number of hydrogen-bond acceptors (Lipinski definition) is 3. The number of piperidine rings is 1. The van der Waals surface area contributed by atoms with E-state index in [4.69, 9.17) is 4.74 Å². The first-order valence-corrected chi connectivity index (χ1v) is 10.0. The number of hydrogen-bond donors (Lipinski definition) is 1. The van der Waals surface area contributed by atoms with E-state index in [9.17, 15) is 9.90 Å². The van der Waals surface area contributed by atoms with Crippen LogP contribution in [0.3, 0.4) is 0 Å². The Morgan fingerprint density at radius 3 is 2.07 bits per heavy atom. The number of amides is 1. The monoisotopic (exact) mass is 363 g/mol. The number of fused-ring (bicyclic) bond motifs is 5. The average Bonchev–Trinajstić information content (AvgIpc) is 3.17. The topological polar surface area (TPSA) is 49.8 Å². The molecule has 27 heavy (non-hydrogen) atoms. The zero-order valence-electron chi connectivity index (χ0n) is 15.4. The largest absolute Gasteiger partial charge is 0.448 e. The van der Waals surface area contributed by atoms with Crippen LogP contribution in [0.4, 0.5) is 4.79 Å². The number of aliphatic hydroxyl groups is 1. The third-order valence-corrected chi connectivity index (χ3v) is 6.64. The minimum absolute atomic E-state index is 0.106. The summed E-state index contributed by atoms with van der Waals surface area (Å²) in [6, 6.07) is 17.3. The molecule has 2 aliphatic heterocycles. The highest BCUT2D eigenvalue weighted by molar-refractivity contribution is 5.79. The molecule has 1 amide bonds. The van der Waals surface area contributed by atoms with Gasteiger partial charge in [0.2, 0.25) is 0 Å². The molecule has 2 fully saturated rings. The van der Waals surface area contributed by atoms with Gasteiger partial charge in [0, 0.05) is 24.6 Å². The molecular formula is C23H25NO3. The number of carbonyl (C=O) groups excluding carboxylic acids is 1. The lowest BCUT2D eigenvalue weighted by Crippen LogP contribution is -2.47. The maximum Gasteiger partial charge on any atom is 0.410 e. The van der Waals surface area contributed by atoms with Crippen LogP contribution in [0.1, 0.15) is 42.7 Å². The molecule has 3 aliphatic rings. The van der Waals surface area contributed by atoms with Crippen molar-refractivity contribution >= 4 is 6.09 Å². The lowest BCUT2D eigenvalue weighted by atomic mass is 9.92. The van der Waals surface area contributed by atoms with Crippen molar-refractivity contribution in [3.8, 4) is 11.1 Å². The summed E-state index contributed by atoms with van der Waals surface area (Å²) in [6.07, 6.45) is 3.69. The van der Waals surface area contributed by atoms with Crippen LogP contribution in [0.15, 0.2) is 48.5 Å². The molecular weight excluding hydrogens is 338 g/mol. The van der Waals surface area contributed by atoms with Crippen LogP contribution in [-0.4, -0.2) is 41.4 Å². The first-order valence-electron chi connectivity index (χ1n) is 10.0. The Morgan fingerprint density at radius 2 is 1.52 bits per heavy atom. The van der Waals surface area contributed by atoms with Gasteiger partial charge in [-0.25, -0.2) is 4.79 Å². The molecule has 0 radical (unpaired) electrons. The zero-order chi connectivity index (χ0) is 18.4. The van der Waals surface area contributed by atoms with Gasteiger partial charge in [-0.3, -0.25) is 0 Å². The van der Waals surface area contributed by atoms with Crippen LogP contribution in [0.25, 0.3) is 11.1 Å². The van der Waals surface area contributed by atoms with E-state index in [0.29, 0.717) is 12.5 Å². The molecule has 2 aromatic rings. The molecule has 0 saturated carbocycles. The van der Waals surface area contributed by atoms with Gasteiger partial charge in [0.25, 0.3) is 0 Å². The minimum atomic E-state index is -0.180. The molecule has 1 N–H and O–H groups in total. The van der Waals surface area contributed by atoms with E-state index < -0.39 is 0 Å². The third kappa shape index (κ3) is 2.74. The first-order chi connectivity index (χ1) is 13.3. The molecule has 1 aliphatic carbocycles. The molecule has 2 heterocycles. The van der Waals surface area contributed by atoms with Crippen LogP contribution in [-0.2, 0) is 4.74 Å².